The van der Waals surface area contributed by atoms with Crippen LogP contribution in [0.25, 0.3) is 0 Å². The molecule has 0 atom stereocenters. The van der Waals surface area contributed by atoms with Gasteiger partial charge in [-0.2, -0.15) is 0 Å². The average molecular weight is 417 g/mol. The molecule has 6 nitrogen and oxygen atoms in total. The van der Waals surface area contributed by atoms with Gasteiger partial charge in [-0.3, -0.25) is 4.79 Å². The minimum atomic E-state index is -3.58. The van der Waals surface area contributed by atoms with E-state index in [0.29, 0.717) is 31.7 Å². The van der Waals surface area contributed by atoms with E-state index < -0.39 is 10.0 Å². The van der Waals surface area contributed by atoms with Crippen LogP contribution in [0, 0.1) is 6.92 Å². The van der Waals surface area contributed by atoms with Crippen molar-refractivity contribution >= 4 is 15.9 Å². The van der Waals surface area contributed by atoms with Gasteiger partial charge in [0.1, 0.15) is 0 Å². The van der Waals surface area contributed by atoms with E-state index in [1.807, 2.05) is 18.2 Å². The lowest BCUT2D eigenvalue weighted by molar-refractivity contribution is 0.0941. The van der Waals surface area contributed by atoms with E-state index in [1.165, 1.54) is 17.7 Å². The fourth-order valence-corrected chi connectivity index (χ4v) is 4.24. The van der Waals surface area contributed by atoms with Crippen molar-refractivity contribution in [3.05, 3.63) is 65.2 Å². The molecule has 1 aliphatic rings. The van der Waals surface area contributed by atoms with Crippen LogP contribution in [0.3, 0.4) is 0 Å². The molecule has 1 fully saturated rings. The number of sulfonamides is 1. The maximum absolute atomic E-state index is 12.5. The lowest BCUT2D eigenvalue weighted by atomic mass is 10.1. The fraction of sp³-hybridized carbons (Fsp3) is 0.409. The molecule has 2 aromatic rings. The quantitative estimate of drug-likeness (QED) is 0.552. The van der Waals surface area contributed by atoms with E-state index in [0.717, 1.165) is 24.8 Å². The SMILES string of the molecule is Cc1ccc(S(=O)(=O)NC2CC2)cc1C(=O)NCCCOCCc1ccccc1. The molecule has 3 rings (SSSR count). The summed E-state index contributed by atoms with van der Waals surface area (Å²) in [6.07, 6.45) is 3.29. The summed E-state index contributed by atoms with van der Waals surface area (Å²) in [4.78, 5) is 12.6. The molecule has 1 aliphatic carbocycles. The second-order valence-electron chi connectivity index (χ2n) is 7.33. The van der Waals surface area contributed by atoms with Crippen LogP contribution in [0.2, 0.25) is 0 Å². The van der Waals surface area contributed by atoms with Gasteiger partial charge in [0.2, 0.25) is 10.0 Å². The van der Waals surface area contributed by atoms with Crippen LogP contribution in [-0.2, 0) is 21.2 Å². The Bertz CT molecular complexity index is 925. The van der Waals surface area contributed by atoms with Crippen molar-refractivity contribution in [2.45, 2.75) is 43.5 Å². The number of carbonyl (C=O) groups is 1. The average Bonchev–Trinajstić information content (AvgIpc) is 3.51. The molecule has 156 valence electrons. The maximum atomic E-state index is 12.5. The maximum Gasteiger partial charge on any atom is 0.251 e. The number of carbonyl (C=O) groups excluding carboxylic acids is 1. The second kappa shape index (κ2) is 10.0. The first-order chi connectivity index (χ1) is 14.0. The first-order valence-corrected chi connectivity index (χ1v) is 11.5. The Morgan fingerprint density at radius 2 is 1.86 bits per heavy atom. The number of hydrogen-bond donors (Lipinski definition) is 2. The Balaban J connectivity index is 1.42. The molecule has 7 heteroatoms. The summed E-state index contributed by atoms with van der Waals surface area (Å²) < 4.78 is 33.0. The lowest BCUT2D eigenvalue weighted by Crippen LogP contribution is -2.28. The number of amides is 1. The molecule has 0 heterocycles. The Kier molecular flexibility index (Phi) is 7.41. The van der Waals surface area contributed by atoms with E-state index in [2.05, 4.69) is 22.2 Å². The summed E-state index contributed by atoms with van der Waals surface area (Å²) in [6, 6.07) is 14.8. The predicted octanol–water partition coefficient (Wildman–Crippen LogP) is 2.81. The minimum absolute atomic E-state index is 0.0282. The smallest absolute Gasteiger partial charge is 0.251 e. The van der Waals surface area contributed by atoms with Crippen LogP contribution < -0.4 is 10.0 Å². The van der Waals surface area contributed by atoms with Crippen LogP contribution in [0.4, 0.5) is 0 Å². The van der Waals surface area contributed by atoms with Gasteiger partial charge >= 0.3 is 0 Å². The number of hydrogen-bond acceptors (Lipinski definition) is 4. The molecule has 1 amide bonds. The molecule has 0 spiro atoms. The molecule has 0 aliphatic heterocycles. The minimum Gasteiger partial charge on any atom is -0.381 e. The van der Waals surface area contributed by atoms with Crippen LogP contribution in [0.15, 0.2) is 53.4 Å². The summed E-state index contributed by atoms with van der Waals surface area (Å²) >= 11 is 0. The van der Waals surface area contributed by atoms with Crippen LogP contribution in [-0.4, -0.2) is 40.1 Å². The van der Waals surface area contributed by atoms with Gasteiger partial charge in [-0.25, -0.2) is 13.1 Å². The summed E-state index contributed by atoms with van der Waals surface area (Å²) in [7, 11) is -3.58. The molecule has 2 N–H and O–H groups in total. The fourth-order valence-electron chi connectivity index (χ4n) is 2.91. The standard InChI is InChI=1S/C22H28N2O4S/c1-17-8-11-20(29(26,27)24-19-9-10-19)16-21(17)22(25)23-13-5-14-28-15-12-18-6-3-2-4-7-18/h2-4,6-8,11,16,19,24H,5,9-10,12-15H2,1H3,(H,23,25). The van der Waals surface area contributed by atoms with Crippen molar-refractivity contribution in [1.82, 2.24) is 10.0 Å². The van der Waals surface area contributed by atoms with Crippen molar-refractivity contribution in [2.75, 3.05) is 19.8 Å². The van der Waals surface area contributed by atoms with Gasteiger partial charge < -0.3 is 10.1 Å². The predicted molar refractivity (Wildman–Crippen MR) is 112 cm³/mol. The highest BCUT2D eigenvalue weighted by atomic mass is 32.2. The number of ether oxygens (including phenoxy) is 1. The lowest BCUT2D eigenvalue weighted by Gasteiger charge is -2.11. The monoisotopic (exact) mass is 416 g/mol. The number of benzene rings is 2. The molecular weight excluding hydrogens is 388 g/mol. The van der Waals surface area contributed by atoms with Gasteiger partial charge in [-0.05, 0) is 55.9 Å². The highest BCUT2D eigenvalue weighted by molar-refractivity contribution is 7.89. The third-order valence-corrected chi connectivity index (χ3v) is 6.31. The van der Waals surface area contributed by atoms with Crippen LogP contribution in [0.5, 0.6) is 0 Å². The first-order valence-electron chi connectivity index (χ1n) is 9.98. The second-order valence-corrected chi connectivity index (χ2v) is 9.04. The van der Waals surface area contributed by atoms with Crippen molar-refractivity contribution < 1.29 is 17.9 Å². The van der Waals surface area contributed by atoms with Gasteiger partial charge in [0.25, 0.3) is 5.91 Å². The number of nitrogens with one attached hydrogen (secondary N) is 2. The van der Waals surface area contributed by atoms with E-state index in [-0.39, 0.29) is 16.8 Å². The van der Waals surface area contributed by atoms with Gasteiger partial charge in [-0.1, -0.05) is 36.4 Å². The van der Waals surface area contributed by atoms with Gasteiger partial charge in [0.15, 0.2) is 0 Å². The normalized spacial score (nSPS) is 14.0. The van der Waals surface area contributed by atoms with Gasteiger partial charge in [-0.15, -0.1) is 0 Å². The Morgan fingerprint density at radius 3 is 2.59 bits per heavy atom. The van der Waals surface area contributed by atoms with Crippen LogP contribution in [0.1, 0.15) is 40.7 Å². The summed E-state index contributed by atoms with van der Waals surface area (Å²) in [5, 5.41) is 2.85. The molecule has 0 radical (unpaired) electrons. The van der Waals surface area contributed by atoms with E-state index in [4.69, 9.17) is 4.74 Å². The molecule has 0 aromatic heterocycles. The zero-order valence-electron chi connectivity index (χ0n) is 16.7. The van der Waals surface area contributed by atoms with Crippen molar-refractivity contribution in [2.24, 2.45) is 0 Å². The topological polar surface area (TPSA) is 84.5 Å². The Morgan fingerprint density at radius 1 is 1.10 bits per heavy atom. The third-order valence-electron chi connectivity index (χ3n) is 4.79. The highest BCUT2D eigenvalue weighted by Crippen LogP contribution is 2.23. The summed E-state index contributed by atoms with van der Waals surface area (Å²) in [5.41, 5.74) is 2.36. The summed E-state index contributed by atoms with van der Waals surface area (Å²) in [6.45, 7) is 3.48. The highest BCUT2D eigenvalue weighted by Gasteiger charge is 2.28. The van der Waals surface area contributed by atoms with Crippen LogP contribution >= 0.6 is 0 Å². The zero-order valence-corrected chi connectivity index (χ0v) is 17.5. The van der Waals surface area contributed by atoms with Gasteiger partial charge in [0, 0.05) is 24.8 Å². The van der Waals surface area contributed by atoms with Gasteiger partial charge in [0.05, 0.1) is 11.5 Å². The molecule has 2 aromatic carbocycles. The molecule has 0 saturated heterocycles. The molecular formula is C22H28N2O4S. The number of rotatable bonds is 11. The van der Waals surface area contributed by atoms with Crippen molar-refractivity contribution in [1.29, 1.82) is 0 Å². The molecule has 0 unspecified atom stereocenters. The Labute approximate surface area is 172 Å². The van der Waals surface area contributed by atoms with E-state index >= 15 is 0 Å². The Hall–Kier alpha value is -2.22. The van der Waals surface area contributed by atoms with E-state index in [1.54, 1.807) is 13.0 Å². The summed E-state index contributed by atoms with van der Waals surface area (Å²) in [5.74, 6) is -0.268. The third kappa shape index (κ3) is 6.66. The molecule has 1 saturated carbocycles. The first kappa shape index (κ1) is 21.5. The molecule has 0 bridgehead atoms. The van der Waals surface area contributed by atoms with Crippen molar-refractivity contribution in [3.8, 4) is 0 Å². The zero-order chi connectivity index (χ0) is 20.7. The number of aryl methyl sites for hydroxylation is 1. The molecule has 29 heavy (non-hydrogen) atoms. The largest absolute Gasteiger partial charge is 0.381 e. The van der Waals surface area contributed by atoms with E-state index in [9.17, 15) is 13.2 Å². The van der Waals surface area contributed by atoms with Crippen molar-refractivity contribution in [3.63, 3.8) is 0 Å².